The topological polar surface area (TPSA) is 25.8 Å². The summed E-state index contributed by atoms with van der Waals surface area (Å²) in [6, 6.07) is 8.98. The molecule has 1 aromatic heterocycles. The summed E-state index contributed by atoms with van der Waals surface area (Å²) in [6.45, 7) is 4.43. The molecule has 1 saturated carbocycles. The van der Waals surface area contributed by atoms with E-state index in [2.05, 4.69) is 48.1 Å². The molecule has 0 saturated heterocycles. The molecule has 0 N–H and O–H groups in total. The summed E-state index contributed by atoms with van der Waals surface area (Å²) in [5, 5.41) is 0. The summed E-state index contributed by atoms with van der Waals surface area (Å²) in [7, 11) is 0. The van der Waals surface area contributed by atoms with Gasteiger partial charge >= 0.3 is 0 Å². The molecule has 0 amide bonds. The normalized spacial score (nSPS) is 20.9. The Labute approximate surface area is 146 Å². The Bertz CT molecular complexity index is 607. The molecule has 2 nitrogen and oxygen atoms in total. The van der Waals surface area contributed by atoms with Crippen LogP contribution in [-0.2, 0) is 6.42 Å². The van der Waals surface area contributed by atoms with Gasteiger partial charge in [-0.1, -0.05) is 57.4 Å². The van der Waals surface area contributed by atoms with Gasteiger partial charge < -0.3 is 0 Å². The highest BCUT2D eigenvalue weighted by Crippen LogP contribution is 2.38. The Hall–Kier alpha value is -1.70. The van der Waals surface area contributed by atoms with Crippen LogP contribution in [0, 0.1) is 5.92 Å². The molecule has 2 aromatic rings. The van der Waals surface area contributed by atoms with Crippen LogP contribution in [0.5, 0.6) is 0 Å². The molecule has 0 unspecified atom stereocenters. The van der Waals surface area contributed by atoms with Gasteiger partial charge in [-0.05, 0) is 55.1 Å². The van der Waals surface area contributed by atoms with Crippen molar-refractivity contribution in [1.82, 2.24) is 9.97 Å². The van der Waals surface area contributed by atoms with Gasteiger partial charge in [0.25, 0.3) is 0 Å². The number of aryl methyl sites for hydroxylation is 1. The van der Waals surface area contributed by atoms with Crippen molar-refractivity contribution < 1.29 is 0 Å². The van der Waals surface area contributed by atoms with E-state index in [0.29, 0.717) is 0 Å². The molecule has 0 bridgehead atoms. The zero-order valence-corrected chi connectivity index (χ0v) is 15.2. The van der Waals surface area contributed by atoms with E-state index < -0.39 is 0 Å². The van der Waals surface area contributed by atoms with Crippen LogP contribution in [0.2, 0.25) is 0 Å². The second-order valence-corrected chi connectivity index (χ2v) is 7.25. The molecule has 1 aromatic carbocycles. The highest BCUT2D eigenvalue weighted by atomic mass is 14.9. The summed E-state index contributed by atoms with van der Waals surface area (Å²) in [5.74, 6) is 2.56. The summed E-state index contributed by atoms with van der Waals surface area (Å²) in [4.78, 5) is 8.98. The molecule has 1 aliphatic rings. The highest BCUT2D eigenvalue weighted by Gasteiger charge is 2.21. The van der Waals surface area contributed by atoms with Gasteiger partial charge in [-0.25, -0.2) is 9.97 Å². The number of benzene rings is 1. The Morgan fingerprint density at radius 3 is 2.17 bits per heavy atom. The first-order valence-electron chi connectivity index (χ1n) is 9.71. The Balaban J connectivity index is 1.60. The first kappa shape index (κ1) is 17.1. The number of unbranched alkanes of at least 4 members (excludes halogenated alkanes) is 1. The zero-order chi connectivity index (χ0) is 16.8. The van der Waals surface area contributed by atoms with Crippen LogP contribution >= 0.6 is 0 Å². The lowest BCUT2D eigenvalue weighted by Gasteiger charge is -2.28. The number of hydrogen-bond acceptors (Lipinski definition) is 2. The maximum absolute atomic E-state index is 4.49. The van der Waals surface area contributed by atoms with E-state index in [1.807, 2.05) is 12.4 Å². The molecule has 0 spiro atoms. The lowest BCUT2D eigenvalue weighted by atomic mass is 9.77. The van der Waals surface area contributed by atoms with Crippen molar-refractivity contribution >= 4 is 0 Å². The Morgan fingerprint density at radius 2 is 1.58 bits per heavy atom. The van der Waals surface area contributed by atoms with Gasteiger partial charge in [-0.3, -0.25) is 0 Å². The van der Waals surface area contributed by atoms with Crippen LogP contribution in [0.25, 0.3) is 11.4 Å². The average molecular weight is 322 g/mol. The van der Waals surface area contributed by atoms with Gasteiger partial charge in [0.05, 0.1) is 0 Å². The van der Waals surface area contributed by atoms with E-state index >= 15 is 0 Å². The zero-order valence-electron chi connectivity index (χ0n) is 15.2. The minimum absolute atomic E-state index is 0.750. The van der Waals surface area contributed by atoms with Crippen molar-refractivity contribution in [3.63, 3.8) is 0 Å². The second-order valence-electron chi connectivity index (χ2n) is 7.25. The predicted molar refractivity (Wildman–Crippen MR) is 101 cm³/mol. The second kappa shape index (κ2) is 8.41. The summed E-state index contributed by atoms with van der Waals surface area (Å²) < 4.78 is 0. The minimum Gasteiger partial charge on any atom is -0.236 e. The standard InChI is InChI=1S/C22H30N2/c1-3-5-6-18-7-9-19(10-8-18)20-11-13-21(14-12-20)22-23-15-17(4-2)16-24-22/h11-16,18-19H,3-10H2,1-2H3. The van der Waals surface area contributed by atoms with Gasteiger partial charge in [0.15, 0.2) is 5.82 Å². The Morgan fingerprint density at radius 1 is 0.917 bits per heavy atom. The Kier molecular flexibility index (Phi) is 6.01. The molecule has 3 rings (SSSR count). The van der Waals surface area contributed by atoms with E-state index in [4.69, 9.17) is 0 Å². The summed E-state index contributed by atoms with van der Waals surface area (Å²) in [5.41, 5.74) is 3.81. The largest absolute Gasteiger partial charge is 0.236 e. The van der Waals surface area contributed by atoms with Crippen LogP contribution in [0.15, 0.2) is 36.7 Å². The van der Waals surface area contributed by atoms with E-state index in [0.717, 1.165) is 29.6 Å². The van der Waals surface area contributed by atoms with Gasteiger partial charge in [0, 0.05) is 18.0 Å². The van der Waals surface area contributed by atoms with Crippen molar-refractivity contribution in [2.24, 2.45) is 5.92 Å². The molecular formula is C22H30N2. The van der Waals surface area contributed by atoms with Gasteiger partial charge in [-0.15, -0.1) is 0 Å². The summed E-state index contributed by atoms with van der Waals surface area (Å²) >= 11 is 0. The fourth-order valence-corrected chi connectivity index (χ4v) is 3.87. The van der Waals surface area contributed by atoms with Gasteiger partial charge in [-0.2, -0.15) is 0 Å². The lowest BCUT2D eigenvalue weighted by molar-refractivity contribution is 0.304. The van der Waals surface area contributed by atoms with Gasteiger partial charge in [0.2, 0.25) is 0 Å². The molecule has 1 aliphatic carbocycles. The van der Waals surface area contributed by atoms with Crippen molar-refractivity contribution in [2.75, 3.05) is 0 Å². The third kappa shape index (κ3) is 4.23. The molecule has 24 heavy (non-hydrogen) atoms. The van der Waals surface area contributed by atoms with Crippen LogP contribution in [0.4, 0.5) is 0 Å². The lowest BCUT2D eigenvalue weighted by Crippen LogP contribution is -2.13. The van der Waals surface area contributed by atoms with Gasteiger partial charge in [0.1, 0.15) is 0 Å². The molecule has 1 fully saturated rings. The first-order chi connectivity index (χ1) is 11.8. The molecule has 2 heteroatoms. The predicted octanol–water partition coefficient (Wildman–Crippen LogP) is 6.17. The third-order valence-electron chi connectivity index (χ3n) is 5.57. The minimum atomic E-state index is 0.750. The quantitative estimate of drug-likeness (QED) is 0.635. The molecule has 1 heterocycles. The van der Waals surface area contributed by atoms with Crippen LogP contribution in [0.3, 0.4) is 0 Å². The van der Waals surface area contributed by atoms with E-state index in [-0.39, 0.29) is 0 Å². The first-order valence-corrected chi connectivity index (χ1v) is 9.71. The molecule has 128 valence electrons. The van der Waals surface area contributed by atoms with E-state index in [1.54, 1.807) is 0 Å². The van der Waals surface area contributed by atoms with Crippen molar-refractivity contribution in [1.29, 1.82) is 0 Å². The van der Waals surface area contributed by atoms with Crippen LogP contribution in [-0.4, -0.2) is 9.97 Å². The third-order valence-corrected chi connectivity index (χ3v) is 5.57. The maximum atomic E-state index is 4.49. The number of aromatic nitrogens is 2. The van der Waals surface area contributed by atoms with Crippen LogP contribution < -0.4 is 0 Å². The van der Waals surface area contributed by atoms with E-state index in [1.165, 1.54) is 56.1 Å². The molecule has 0 aliphatic heterocycles. The van der Waals surface area contributed by atoms with E-state index in [9.17, 15) is 0 Å². The maximum Gasteiger partial charge on any atom is 0.159 e. The SMILES string of the molecule is CCCCC1CCC(c2ccc(-c3ncc(CC)cn3)cc2)CC1. The molecule has 0 radical (unpaired) electrons. The van der Waals surface area contributed by atoms with Crippen molar-refractivity contribution in [3.05, 3.63) is 47.8 Å². The summed E-state index contributed by atoms with van der Waals surface area (Å²) in [6.07, 6.45) is 14.6. The fraction of sp³-hybridized carbons (Fsp3) is 0.545. The van der Waals surface area contributed by atoms with Crippen molar-refractivity contribution in [3.8, 4) is 11.4 Å². The number of hydrogen-bond donors (Lipinski definition) is 0. The average Bonchev–Trinajstić information content (AvgIpc) is 2.67. The number of rotatable bonds is 6. The highest BCUT2D eigenvalue weighted by molar-refractivity contribution is 5.55. The molecular weight excluding hydrogens is 292 g/mol. The smallest absolute Gasteiger partial charge is 0.159 e. The fourth-order valence-electron chi connectivity index (χ4n) is 3.87. The van der Waals surface area contributed by atoms with Crippen molar-refractivity contribution in [2.45, 2.75) is 71.1 Å². The number of nitrogens with zero attached hydrogens (tertiary/aromatic N) is 2. The van der Waals surface area contributed by atoms with Crippen LogP contribution in [0.1, 0.15) is 75.8 Å². The monoisotopic (exact) mass is 322 g/mol. The molecule has 0 atom stereocenters.